The van der Waals surface area contributed by atoms with Crippen molar-refractivity contribution in [3.8, 4) is 11.8 Å². The summed E-state index contributed by atoms with van der Waals surface area (Å²) in [6, 6.07) is 0. The average molecular weight is 1310 g/mol. The molecule has 0 atom stereocenters. The quantitative estimate of drug-likeness (QED) is 0.310. The molecule has 0 aromatic rings. The SMILES string of the molecule is [At]C([At])([At])C#CC([At])([At])[At]. The fraction of sp³-hybridized carbons (Fsp3) is 0.500. The van der Waals surface area contributed by atoms with Gasteiger partial charge in [-0.05, 0) is 0 Å². The summed E-state index contributed by atoms with van der Waals surface area (Å²) in [5.41, 5.74) is 0. The van der Waals surface area contributed by atoms with Gasteiger partial charge in [-0.2, -0.15) is 0 Å². The van der Waals surface area contributed by atoms with Crippen LogP contribution in [0.4, 0.5) is 0 Å². The van der Waals surface area contributed by atoms with E-state index >= 15 is 0 Å². The van der Waals surface area contributed by atoms with Crippen LogP contribution in [0.25, 0.3) is 0 Å². The topological polar surface area (TPSA) is 0 Å². The molecule has 0 saturated carbocycles. The van der Waals surface area contributed by atoms with Crippen molar-refractivity contribution in [3.05, 3.63) is 0 Å². The Labute approximate surface area is 153 Å². The van der Waals surface area contributed by atoms with Crippen molar-refractivity contribution in [2.24, 2.45) is 0 Å². The molecule has 0 aliphatic rings. The summed E-state index contributed by atoms with van der Waals surface area (Å²) in [6.45, 7) is 0. The van der Waals surface area contributed by atoms with Crippen molar-refractivity contribution in [2.45, 2.75) is -2.92 Å². The van der Waals surface area contributed by atoms with Crippen LogP contribution in [-0.4, -0.2) is 0 Å². The van der Waals surface area contributed by atoms with Crippen molar-refractivity contribution in [2.75, 3.05) is 0 Å². The zero-order valence-electron chi connectivity index (χ0n) is 4.27. The normalized spacial score (nSPS) is 12.2. The Hall–Kier alpha value is 4.86. The van der Waals surface area contributed by atoms with E-state index in [1.54, 1.807) is 148 Å². The van der Waals surface area contributed by atoms with Crippen molar-refractivity contribution >= 4 is 0 Å². The van der Waals surface area contributed by atoms with Crippen LogP contribution in [-0.2, 0) is 0 Å². The van der Waals surface area contributed by atoms with E-state index in [0.29, 0.717) is -2.92 Å². The summed E-state index contributed by atoms with van der Waals surface area (Å²) in [7, 11) is 0. The number of hydrogen-bond donors (Lipinski definition) is 0. The van der Waals surface area contributed by atoms with Gasteiger partial charge >= 0.3 is 157 Å². The molecular weight excluding hydrogens is 1310 g/mol. The van der Waals surface area contributed by atoms with Gasteiger partial charge in [-0.3, -0.25) is 0 Å². The van der Waals surface area contributed by atoms with Gasteiger partial charge in [0.15, 0.2) is 0 Å². The van der Waals surface area contributed by atoms with Crippen LogP contribution >= 0.6 is 0 Å². The molecule has 0 fully saturated rings. The summed E-state index contributed by atoms with van der Waals surface area (Å²) < 4.78 is 0.679. The molecule has 0 aliphatic carbocycles. The molecule has 0 amide bonds. The van der Waals surface area contributed by atoms with Gasteiger partial charge in [0, 0.05) is 0 Å². The van der Waals surface area contributed by atoms with E-state index in [0.717, 1.165) is 0 Å². The third-order valence-electron chi connectivity index (χ3n) is 0.346. The van der Waals surface area contributed by atoms with E-state index < -0.39 is 0 Å². The van der Waals surface area contributed by atoms with Crippen molar-refractivity contribution in [3.63, 3.8) is 0 Å². The predicted molar refractivity (Wildman–Crippen MR) is 13.2 cm³/mol. The van der Waals surface area contributed by atoms with Gasteiger partial charge in [-0.1, -0.05) is 0 Å². The molecule has 0 bridgehead atoms. The van der Waals surface area contributed by atoms with E-state index in [1.807, 2.05) is 0 Å². The standard InChI is InChI=1S/C4At6/c5-3(6,7)1-2-4(8,9)10. The molecule has 0 radical (unpaired) electrons. The Balaban J connectivity index is 4.19. The van der Waals surface area contributed by atoms with Crippen LogP contribution < -0.4 is 0 Å². The summed E-state index contributed by atoms with van der Waals surface area (Å²) in [5.74, 6) is 6.66. The first-order valence-corrected chi connectivity index (χ1v) is 10.7. The van der Waals surface area contributed by atoms with Gasteiger partial charge in [0.05, 0.1) is 0 Å². The van der Waals surface area contributed by atoms with E-state index in [2.05, 4.69) is 11.8 Å². The second-order valence-corrected chi connectivity index (χ2v) is 38.2. The zero-order valence-corrected chi connectivity index (χ0v) is 21.9. The van der Waals surface area contributed by atoms with Gasteiger partial charge in [-0.15, -0.1) is 0 Å². The van der Waals surface area contributed by atoms with E-state index in [1.165, 1.54) is 0 Å². The van der Waals surface area contributed by atoms with Gasteiger partial charge in [0.25, 0.3) is 0 Å². The molecule has 0 rings (SSSR count). The van der Waals surface area contributed by atoms with Crippen LogP contribution in [0.1, 0.15) is 0 Å². The predicted octanol–water partition coefficient (Wildman–Crippen LogP) is 0.433. The molecule has 0 saturated heterocycles. The number of rotatable bonds is 0. The second-order valence-electron chi connectivity index (χ2n) is 1.25. The van der Waals surface area contributed by atoms with Crippen LogP contribution in [0.2, 0.25) is -2.92 Å². The van der Waals surface area contributed by atoms with E-state index in [4.69, 9.17) is 0 Å². The van der Waals surface area contributed by atoms with Crippen LogP contribution in [0, 0.1) is 160 Å². The summed E-state index contributed by atoms with van der Waals surface area (Å²) in [4.78, 5) is 0. The van der Waals surface area contributed by atoms with E-state index in [9.17, 15) is 0 Å². The Kier molecular flexibility index (Phi) is 9.57. The zero-order chi connectivity index (χ0) is 8.41. The molecule has 0 unspecified atom stereocenters. The molecule has 58 valence electrons. The van der Waals surface area contributed by atoms with Crippen molar-refractivity contribution < 1.29 is 148 Å². The molecule has 0 nitrogen and oxygen atoms in total. The first kappa shape index (κ1) is 14.9. The molecule has 0 N–H and O–H groups in total. The Morgan fingerprint density at radius 3 is 0.900 bits per heavy atom. The molecule has 0 aromatic carbocycles. The fourth-order valence-corrected chi connectivity index (χ4v) is 1.24. The molecule has 10 heavy (non-hydrogen) atoms. The fourth-order valence-electron chi connectivity index (χ4n) is 0.142. The molecule has 0 aromatic heterocycles. The minimum atomic E-state index is 0.339. The second kappa shape index (κ2) is 6.44. The Morgan fingerprint density at radius 1 is 0.600 bits per heavy atom. The molecule has 0 aliphatic heterocycles. The van der Waals surface area contributed by atoms with Crippen LogP contribution in [0.5, 0.6) is 0 Å². The van der Waals surface area contributed by atoms with Gasteiger partial charge in [-0.25, -0.2) is 0 Å². The van der Waals surface area contributed by atoms with Crippen molar-refractivity contribution in [1.29, 1.82) is 0 Å². The van der Waals surface area contributed by atoms with E-state index in [-0.39, 0.29) is 0 Å². The Morgan fingerprint density at radius 2 is 0.800 bits per heavy atom. The Bertz CT molecular complexity index is 143. The summed E-state index contributed by atoms with van der Waals surface area (Å²) >= 11 is 10.8. The third-order valence-corrected chi connectivity index (χ3v) is 2.55. The molecule has 6 heteroatoms. The third kappa shape index (κ3) is 12.9. The van der Waals surface area contributed by atoms with Gasteiger partial charge < -0.3 is 0 Å². The number of hydrogen-bond acceptors (Lipinski definition) is 0. The van der Waals surface area contributed by atoms with Gasteiger partial charge in [0.2, 0.25) is 0 Å². The van der Waals surface area contributed by atoms with Crippen LogP contribution in [0.3, 0.4) is 0 Å². The van der Waals surface area contributed by atoms with Crippen LogP contribution in [0.15, 0.2) is 0 Å². The first-order chi connectivity index (χ1) is 4.21. The minimum absolute atomic E-state index is 0.339. The molecule has 0 spiro atoms. The van der Waals surface area contributed by atoms with Crippen molar-refractivity contribution in [1.82, 2.24) is 0 Å². The molecule has 0 heterocycles. The maximum absolute atomic E-state index is 3.33. The summed E-state index contributed by atoms with van der Waals surface area (Å²) in [5, 5.41) is 0. The van der Waals surface area contributed by atoms with Gasteiger partial charge in [0.1, 0.15) is 0 Å². The molecular formula is C4At6. The monoisotopic (exact) mass is 1310 g/mol. The average Bonchev–Trinajstić information content (AvgIpc) is 1.57. The maximum atomic E-state index is 3.33. The first-order valence-electron chi connectivity index (χ1n) is 1.88. The summed E-state index contributed by atoms with van der Waals surface area (Å²) in [6.07, 6.45) is 0.